The molecule has 1 aliphatic carbocycles. The fourth-order valence-corrected chi connectivity index (χ4v) is 2.31. The van der Waals surface area contributed by atoms with E-state index in [0.29, 0.717) is 12.0 Å². The molecule has 1 aromatic rings. The zero-order chi connectivity index (χ0) is 13.1. The number of rotatable bonds is 4. The van der Waals surface area contributed by atoms with Crippen molar-refractivity contribution >= 4 is 11.9 Å². The van der Waals surface area contributed by atoms with Gasteiger partial charge in [-0.25, -0.2) is 0 Å². The summed E-state index contributed by atoms with van der Waals surface area (Å²) >= 11 is 0. The van der Waals surface area contributed by atoms with Crippen LogP contribution in [0.2, 0.25) is 0 Å². The van der Waals surface area contributed by atoms with Gasteiger partial charge in [-0.1, -0.05) is 12.8 Å². The van der Waals surface area contributed by atoms with Crippen LogP contribution >= 0.6 is 0 Å². The second kappa shape index (κ2) is 5.48. The molecule has 0 bridgehead atoms. The van der Waals surface area contributed by atoms with E-state index in [0.717, 1.165) is 5.82 Å². The summed E-state index contributed by atoms with van der Waals surface area (Å²) in [5.74, 6) is 1.61. The first-order valence-electron chi connectivity index (χ1n) is 6.51. The summed E-state index contributed by atoms with van der Waals surface area (Å²) in [6, 6.07) is 0.692. The molecule has 0 unspecified atom stereocenters. The monoisotopic (exact) mass is 250 g/mol. The maximum Gasteiger partial charge on any atom is 0.229 e. The van der Waals surface area contributed by atoms with Crippen molar-refractivity contribution in [3.63, 3.8) is 0 Å². The molecule has 0 spiro atoms. The van der Waals surface area contributed by atoms with E-state index in [2.05, 4.69) is 27.2 Å². The smallest absolute Gasteiger partial charge is 0.229 e. The minimum Gasteiger partial charge on any atom is -0.368 e. The second-order valence-electron chi connectivity index (χ2n) is 5.12. The van der Waals surface area contributed by atoms with Crippen LogP contribution in [0.1, 0.15) is 44.5 Å². The summed E-state index contributed by atoms with van der Waals surface area (Å²) in [5.41, 5.74) is 5.73. The van der Waals surface area contributed by atoms with Gasteiger partial charge >= 0.3 is 0 Å². The Labute approximate surface area is 108 Å². The van der Waals surface area contributed by atoms with Crippen LogP contribution in [0.15, 0.2) is 0 Å². The van der Waals surface area contributed by atoms with Gasteiger partial charge in [-0.2, -0.15) is 15.0 Å². The normalized spacial score (nSPS) is 17.9. The molecule has 0 aromatic carbocycles. The van der Waals surface area contributed by atoms with Crippen LogP contribution in [0.4, 0.5) is 11.9 Å². The molecule has 1 saturated carbocycles. The summed E-state index contributed by atoms with van der Waals surface area (Å²) in [5, 5.41) is 3.56. The van der Waals surface area contributed by atoms with Crippen molar-refractivity contribution in [2.45, 2.75) is 44.7 Å². The molecule has 6 nitrogen and oxygen atoms in total. The van der Waals surface area contributed by atoms with Gasteiger partial charge in [-0.15, -0.1) is 0 Å². The van der Waals surface area contributed by atoms with Crippen molar-refractivity contribution < 1.29 is 0 Å². The van der Waals surface area contributed by atoms with E-state index in [-0.39, 0.29) is 12.0 Å². The van der Waals surface area contributed by atoms with E-state index in [1.807, 2.05) is 19.0 Å². The van der Waals surface area contributed by atoms with E-state index in [1.165, 1.54) is 25.7 Å². The first kappa shape index (κ1) is 13.0. The first-order chi connectivity index (χ1) is 8.56. The molecule has 1 aliphatic rings. The molecule has 0 aliphatic heterocycles. The average Bonchev–Trinajstić information content (AvgIpc) is 2.80. The third-order valence-corrected chi connectivity index (χ3v) is 3.29. The summed E-state index contributed by atoms with van der Waals surface area (Å²) in [6.07, 6.45) is 5.11. The zero-order valence-corrected chi connectivity index (χ0v) is 11.3. The van der Waals surface area contributed by atoms with Crippen LogP contribution in [0.3, 0.4) is 0 Å². The molecule has 6 heteroatoms. The Bertz CT molecular complexity index is 400. The Morgan fingerprint density at radius 2 is 1.89 bits per heavy atom. The topological polar surface area (TPSA) is 80.0 Å². The lowest BCUT2D eigenvalue weighted by molar-refractivity contribution is 0.447. The van der Waals surface area contributed by atoms with Crippen molar-refractivity contribution in [1.82, 2.24) is 20.3 Å². The third kappa shape index (κ3) is 3.07. The molecular weight excluding hydrogens is 228 g/mol. The van der Waals surface area contributed by atoms with E-state index in [1.54, 1.807) is 0 Å². The van der Waals surface area contributed by atoms with Gasteiger partial charge in [0.15, 0.2) is 5.82 Å². The van der Waals surface area contributed by atoms with E-state index in [4.69, 9.17) is 5.73 Å². The number of hydrogen-bond acceptors (Lipinski definition) is 6. The van der Waals surface area contributed by atoms with Gasteiger partial charge in [0.05, 0.1) is 6.04 Å². The van der Waals surface area contributed by atoms with E-state index >= 15 is 0 Å². The molecule has 1 heterocycles. The number of nitrogens with two attached hydrogens (primary N) is 1. The van der Waals surface area contributed by atoms with Crippen LogP contribution < -0.4 is 16.0 Å². The van der Waals surface area contributed by atoms with Gasteiger partial charge in [0.1, 0.15) is 0 Å². The second-order valence-corrected chi connectivity index (χ2v) is 5.12. The molecule has 1 fully saturated rings. The minimum atomic E-state index is 0.108. The molecule has 3 N–H and O–H groups in total. The van der Waals surface area contributed by atoms with Gasteiger partial charge < -0.3 is 16.0 Å². The van der Waals surface area contributed by atoms with E-state index in [9.17, 15) is 0 Å². The molecule has 0 radical (unpaired) electrons. The first-order valence-corrected chi connectivity index (χ1v) is 6.51. The molecule has 1 aromatic heterocycles. The number of aromatic nitrogens is 3. The predicted molar refractivity (Wildman–Crippen MR) is 72.4 cm³/mol. The van der Waals surface area contributed by atoms with Crippen molar-refractivity contribution in [1.29, 1.82) is 0 Å². The largest absolute Gasteiger partial charge is 0.368 e. The Morgan fingerprint density at radius 1 is 1.22 bits per heavy atom. The van der Waals surface area contributed by atoms with Gasteiger partial charge in [0.2, 0.25) is 11.9 Å². The van der Waals surface area contributed by atoms with Gasteiger partial charge in [0.25, 0.3) is 0 Å². The van der Waals surface area contributed by atoms with E-state index < -0.39 is 0 Å². The number of nitrogens with zero attached hydrogens (tertiary/aromatic N) is 4. The highest BCUT2D eigenvalue weighted by Gasteiger charge is 2.20. The SMILES string of the molecule is C[C@@H](NC1CCCC1)c1nc(N)nc(N(C)C)n1. The Hall–Kier alpha value is -1.43. The molecule has 0 amide bonds. The molecule has 0 saturated heterocycles. The lowest BCUT2D eigenvalue weighted by atomic mass is 10.2. The standard InChI is InChI=1S/C12H22N6/c1-8(14-9-6-4-5-7-9)10-15-11(13)17-12(16-10)18(2)3/h8-9,14H,4-7H2,1-3H3,(H2,13,15,16,17)/t8-/m1/s1. The highest BCUT2D eigenvalue weighted by atomic mass is 15.3. The van der Waals surface area contributed by atoms with Gasteiger partial charge in [-0.05, 0) is 19.8 Å². The number of hydrogen-bond donors (Lipinski definition) is 2. The summed E-state index contributed by atoms with van der Waals surface area (Å²) in [7, 11) is 3.79. The number of nitrogen functional groups attached to an aromatic ring is 1. The lowest BCUT2D eigenvalue weighted by Crippen LogP contribution is -2.30. The Balaban J connectivity index is 2.10. The predicted octanol–water partition coefficient (Wildman–Crippen LogP) is 1.11. The molecule has 18 heavy (non-hydrogen) atoms. The quantitative estimate of drug-likeness (QED) is 0.833. The molecule has 100 valence electrons. The lowest BCUT2D eigenvalue weighted by Gasteiger charge is -2.19. The van der Waals surface area contributed by atoms with Crippen molar-refractivity contribution in [3.8, 4) is 0 Å². The van der Waals surface area contributed by atoms with Crippen molar-refractivity contribution in [2.24, 2.45) is 0 Å². The van der Waals surface area contributed by atoms with Gasteiger partial charge in [0, 0.05) is 20.1 Å². The highest BCUT2D eigenvalue weighted by Crippen LogP contribution is 2.21. The fraction of sp³-hybridized carbons (Fsp3) is 0.750. The van der Waals surface area contributed by atoms with Crippen LogP contribution in [-0.4, -0.2) is 35.1 Å². The van der Waals surface area contributed by atoms with Crippen molar-refractivity contribution in [3.05, 3.63) is 5.82 Å². The third-order valence-electron chi connectivity index (χ3n) is 3.29. The van der Waals surface area contributed by atoms with Crippen LogP contribution in [0.5, 0.6) is 0 Å². The Morgan fingerprint density at radius 3 is 2.50 bits per heavy atom. The zero-order valence-electron chi connectivity index (χ0n) is 11.3. The van der Waals surface area contributed by atoms with Crippen LogP contribution in [0.25, 0.3) is 0 Å². The maximum atomic E-state index is 5.73. The summed E-state index contributed by atoms with van der Waals surface area (Å²) in [6.45, 7) is 2.08. The minimum absolute atomic E-state index is 0.108. The fourth-order valence-electron chi connectivity index (χ4n) is 2.31. The molecule has 2 rings (SSSR count). The van der Waals surface area contributed by atoms with Crippen LogP contribution in [-0.2, 0) is 0 Å². The molecular formula is C12H22N6. The Kier molecular flexibility index (Phi) is 3.96. The van der Waals surface area contributed by atoms with Crippen molar-refractivity contribution in [2.75, 3.05) is 24.7 Å². The highest BCUT2D eigenvalue weighted by molar-refractivity contribution is 5.33. The van der Waals surface area contributed by atoms with Crippen LogP contribution in [0, 0.1) is 0 Å². The number of nitrogens with one attached hydrogen (secondary N) is 1. The maximum absolute atomic E-state index is 5.73. The molecule has 1 atom stereocenters. The number of anilines is 2. The summed E-state index contributed by atoms with van der Waals surface area (Å²) < 4.78 is 0. The summed E-state index contributed by atoms with van der Waals surface area (Å²) in [4.78, 5) is 14.6. The average molecular weight is 250 g/mol. The van der Waals surface area contributed by atoms with Gasteiger partial charge in [-0.3, -0.25) is 0 Å².